The SMILES string of the molecule is Cc1cc(Br)ccc1-c1cnc(N)nc1NCc1cocn1. The highest BCUT2D eigenvalue weighted by Crippen LogP contribution is 2.30. The topological polar surface area (TPSA) is 89.9 Å². The van der Waals surface area contributed by atoms with Gasteiger partial charge in [-0.3, -0.25) is 0 Å². The number of benzene rings is 1. The summed E-state index contributed by atoms with van der Waals surface area (Å²) in [6.07, 6.45) is 4.71. The number of aromatic nitrogens is 3. The Kier molecular flexibility index (Phi) is 4.06. The monoisotopic (exact) mass is 359 g/mol. The molecule has 0 radical (unpaired) electrons. The summed E-state index contributed by atoms with van der Waals surface area (Å²) in [4.78, 5) is 12.5. The van der Waals surface area contributed by atoms with Crippen LogP contribution in [0.25, 0.3) is 11.1 Å². The van der Waals surface area contributed by atoms with Gasteiger partial charge in [0, 0.05) is 16.2 Å². The van der Waals surface area contributed by atoms with Crippen molar-refractivity contribution in [1.29, 1.82) is 0 Å². The van der Waals surface area contributed by atoms with Crippen LogP contribution in [0, 0.1) is 6.92 Å². The van der Waals surface area contributed by atoms with E-state index in [2.05, 4.69) is 36.2 Å². The fourth-order valence-corrected chi connectivity index (χ4v) is 2.63. The second-order valence-electron chi connectivity index (χ2n) is 4.78. The maximum Gasteiger partial charge on any atom is 0.221 e. The highest BCUT2D eigenvalue weighted by Gasteiger charge is 2.11. The number of nitrogens with two attached hydrogens (primary N) is 1. The second-order valence-corrected chi connectivity index (χ2v) is 5.70. The van der Waals surface area contributed by atoms with Gasteiger partial charge in [-0.25, -0.2) is 9.97 Å². The van der Waals surface area contributed by atoms with Gasteiger partial charge in [0.05, 0.1) is 12.2 Å². The van der Waals surface area contributed by atoms with E-state index < -0.39 is 0 Å². The summed E-state index contributed by atoms with van der Waals surface area (Å²) in [7, 11) is 0. The maximum absolute atomic E-state index is 5.71. The Bertz CT molecular complexity index is 789. The quantitative estimate of drug-likeness (QED) is 0.741. The molecule has 2 aromatic heterocycles. The number of hydrogen-bond donors (Lipinski definition) is 2. The van der Waals surface area contributed by atoms with Crippen molar-refractivity contribution in [1.82, 2.24) is 15.0 Å². The third kappa shape index (κ3) is 3.09. The molecule has 0 saturated carbocycles. The standard InChI is InChI=1S/C15H14BrN5O/c1-9-4-10(16)2-3-12(9)13-6-19-15(17)21-14(13)18-5-11-7-22-8-20-11/h2-4,6-8H,5H2,1H3,(H3,17,18,19,21). The number of anilines is 2. The highest BCUT2D eigenvalue weighted by molar-refractivity contribution is 9.10. The van der Waals surface area contributed by atoms with Crippen LogP contribution in [0.4, 0.5) is 11.8 Å². The number of nitrogens with zero attached hydrogens (tertiary/aromatic N) is 3. The van der Waals surface area contributed by atoms with E-state index in [4.69, 9.17) is 10.2 Å². The van der Waals surface area contributed by atoms with E-state index in [9.17, 15) is 0 Å². The van der Waals surface area contributed by atoms with Crippen LogP contribution in [0.5, 0.6) is 0 Å². The largest absolute Gasteiger partial charge is 0.451 e. The first kappa shape index (κ1) is 14.5. The van der Waals surface area contributed by atoms with E-state index >= 15 is 0 Å². The van der Waals surface area contributed by atoms with Crippen molar-refractivity contribution in [3.05, 3.63) is 52.8 Å². The lowest BCUT2D eigenvalue weighted by Gasteiger charge is -2.12. The van der Waals surface area contributed by atoms with E-state index in [1.54, 1.807) is 12.5 Å². The molecule has 0 amide bonds. The van der Waals surface area contributed by atoms with Crippen molar-refractivity contribution in [3.63, 3.8) is 0 Å². The van der Waals surface area contributed by atoms with Gasteiger partial charge in [-0.15, -0.1) is 0 Å². The Hall–Kier alpha value is -2.41. The third-order valence-corrected chi connectivity index (χ3v) is 3.70. The van der Waals surface area contributed by atoms with Gasteiger partial charge in [-0.1, -0.05) is 22.0 Å². The lowest BCUT2D eigenvalue weighted by atomic mass is 10.0. The van der Waals surface area contributed by atoms with Gasteiger partial charge in [0.15, 0.2) is 6.39 Å². The molecule has 0 atom stereocenters. The molecule has 0 aliphatic carbocycles. The molecule has 6 nitrogen and oxygen atoms in total. The average Bonchev–Trinajstić information content (AvgIpc) is 2.99. The first-order valence-electron chi connectivity index (χ1n) is 6.63. The average molecular weight is 360 g/mol. The normalized spacial score (nSPS) is 10.6. The number of nitrogen functional groups attached to an aromatic ring is 1. The van der Waals surface area contributed by atoms with Gasteiger partial charge in [0.25, 0.3) is 0 Å². The van der Waals surface area contributed by atoms with Crippen LogP contribution < -0.4 is 11.1 Å². The van der Waals surface area contributed by atoms with E-state index in [1.807, 2.05) is 25.1 Å². The van der Waals surface area contributed by atoms with Crippen LogP contribution in [0.2, 0.25) is 0 Å². The first-order valence-corrected chi connectivity index (χ1v) is 7.43. The van der Waals surface area contributed by atoms with Crippen LogP contribution >= 0.6 is 15.9 Å². The Labute approximate surface area is 135 Å². The van der Waals surface area contributed by atoms with Crippen LogP contribution in [0.3, 0.4) is 0 Å². The lowest BCUT2D eigenvalue weighted by Crippen LogP contribution is -2.06. The Morgan fingerprint density at radius 2 is 2.14 bits per heavy atom. The van der Waals surface area contributed by atoms with Crippen molar-refractivity contribution in [3.8, 4) is 11.1 Å². The minimum absolute atomic E-state index is 0.223. The van der Waals surface area contributed by atoms with Gasteiger partial charge >= 0.3 is 0 Å². The second kappa shape index (κ2) is 6.15. The fraction of sp³-hybridized carbons (Fsp3) is 0.133. The van der Waals surface area contributed by atoms with Crippen LogP contribution in [-0.4, -0.2) is 15.0 Å². The van der Waals surface area contributed by atoms with Crippen molar-refractivity contribution < 1.29 is 4.42 Å². The summed E-state index contributed by atoms with van der Waals surface area (Å²) in [6.45, 7) is 2.54. The summed E-state index contributed by atoms with van der Waals surface area (Å²) < 4.78 is 5.99. The van der Waals surface area contributed by atoms with Crippen molar-refractivity contribution in [2.24, 2.45) is 0 Å². The smallest absolute Gasteiger partial charge is 0.221 e. The number of hydrogen-bond acceptors (Lipinski definition) is 6. The Balaban J connectivity index is 1.96. The molecule has 0 aliphatic rings. The van der Waals surface area contributed by atoms with E-state index in [0.717, 1.165) is 26.9 Å². The van der Waals surface area contributed by atoms with Crippen molar-refractivity contribution in [2.45, 2.75) is 13.5 Å². The molecular weight excluding hydrogens is 346 g/mol. The van der Waals surface area contributed by atoms with Crippen LogP contribution in [-0.2, 0) is 6.54 Å². The van der Waals surface area contributed by atoms with E-state index in [1.165, 1.54) is 6.39 Å². The van der Waals surface area contributed by atoms with Crippen molar-refractivity contribution >= 4 is 27.7 Å². The zero-order valence-electron chi connectivity index (χ0n) is 11.9. The highest BCUT2D eigenvalue weighted by atomic mass is 79.9. The number of oxazole rings is 1. The van der Waals surface area contributed by atoms with Gasteiger partial charge < -0.3 is 15.5 Å². The Morgan fingerprint density at radius 1 is 1.27 bits per heavy atom. The summed E-state index contributed by atoms with van der Waals surface area (Å²) in [6, 6.07) is 6.06. The summed E-state index contributed by atoms with van der Waals surface area (Å²) in [5.41, 5.74) is 9.56. The van der Waals surface area contributed by atoms with Crippen LogP contribution in [0.1, 0.15) is 11.3 Å². The molecular formula is C15H14BrN5O. The third-order valence-electron chi connectivity index (χ3n) is 3.21. The molecule has 2 heterocycles. The number of aryl methyl sites for hydroxylation is 1. The summed E-state index contributed by atoms with van der Waals surface area (Å²) in [5.74, 6) is 0.891. The molecule has 0 fully saturated rings. The molecule has 0 aliphatic heterocycles. The molecule has 7 heteroatoms. The zero-order chi connectivity index (χ0) is 15.5. The van der Waals surface area contributed by atoms with Gasteiger partial charge in [-0.05, 0) is 30.2 Å². The minimum atomic E-state index is 0.223. The fourth-order valence-electron chi connectivity index (χ4n) is 2.16. The van der Waals surface area contributed by atoms with Gasteiger partial charge in [0.1, 0.15) is 12.1 Å². The molecule has 112 valence electrons. The lowest BCUT2D eigenvalue weighted by molar-refractivity contribution is 0.556. The van der Waals surface area contributed by atoms with Gasteiger partial charge in [-0.2, -0.15) is 4.98 Å². The maximum atomic E-state index is 5.71. The number of halogens is 1. The minimum Gasteiger partial charge on any atom is -0.451 e. The molecule has 3 N–H and O–H groups in total. The molecule has 22 heavy (non-hydrogen) atoms. The van der Waals surface area contributed by atoms with Crippen molar-refractivity contribution in [2.75, 3.05) is 11.1 Å². The molecule has 0 saturated heterocycles. The number of rotatable bonds is 4. The first-order chi connectivity index (χ1) is 10.6. The molecule has 0 spiro atoms. The molecule has 0 unspecified atom stereocenters. The summed E-state index contributed by atoms with van der Waals surface area (Å²) in [5, 5.41) is 3.23. The molecule has 3 aromatic rings. The molecule has 1 aromatic carbocycles. The zero-order valence-corrected chi connectivity index (χ0v) is 13.5. The predicted octanol–water partition coefficient (Wildman–Crippen LogP) is 3.40. The molecule has 3 rings (SSSR count). The van der Waals surface area contributed by atoms with E-state index in [0.29, 0.717) is 12.4 Å². The van der Waals surface area contributed by atoms with E-state index in [-0.39, 0.29) is 5.95 Å². The molecule has 0 bridgehead atoms. The summed E-state index contributed by atoms with van der Waals surface area (Å²) >= 11 is 3.47. The van der Waals surface area contributed by atoms with Gasteiger partial charge in [0.2, 0.25) is 5.95 Å². The Morgan fingerprint density at radius 3 is 2.86 bits per heavy atom. The predicted molar refractivity (Wildman–Crippen MR) is 88.1 cm³/mol. The number of nitrogens with one attached hydrogen (secondary N) is 1. The van der Waals surface area contributed by atoms with Crippen LogP contribution in [0.15, 0.2) is 45.9 Å².